The van der Waals surface area contributed by atoms with Gasteiger partial charge in [-0.05, 0) is 39.1 Å². The van der Waals surface area contributed by atoms with Crippen molar-refractivity contribution >= 4 is 16.8 Å². The zero-order valence-electron chi connectivity index (χ0n) is 12.1. The molecule has 1 N–H and O–H groups in total. The van der Waals surface area contributed by atoms with E-state index in [4.69, 9.17) is 0 Å². The number of carbonyl (C=O) groups is 1. The largest absolute Gasteiger partial charge is 0.351 e. The van der Waals surface area contributed by atoms with Gasteiger partial charge in [-0.1, -0.05) is 18.2 Å². The molecule has 0 aliphatic carbocycles. The van der Waals surface area contributed by atoms with Crippen LogP contribution in [0.5, 0.6) is 0 Å². The lowest BCUT2D eigenvalue weighted by Crippen LogP contribution is -2.42. The van der Waals surface area contributed by atoms with Crippen LogP contribution in [0, 0.1) is 0 Å². The van der Waals surface area contributed by atoms with E-state index in [9.17, 15) is 4.79 Å². The highest BCUT2D eigenvalue weighted by Gasteiger charge is 2.25. The Hall–Kier alpha value is -1.81. The van der Waals surface area contributed by atoms with Gasteiger partial charge < -0.3 is 14.8 Å². The number of amides is 1. The van der Waals surface area contributed by atoms with Gasteiger partial charge in [0.25, 0.3) is 5.91 Å². The molecule has 1 atom stereocenters. The lowest BCUT2D eigenvalue weighted by atomic mass is 10.2. The van der Waals surface area contributed by atoms with E-state index in [1.54, 1.807) is 0 Å². The second-order valence-corrected chi connectivity index (χ2v) is 5.73. The highest BCUT2D eigenvalue weighted by Crippen LogP contribution is 2.18. The van der Waals surface area contributed by atoms with Crippen molar-refractivity contribution in [2.45, 2.75) is 19.4 Å². The molecule has 1 unspecified atom stereocenters. The standard InChI is InChI=1S/C16H21N3O/c1-12-11-18(2)8-5-9-19(12)16(20)15-10-13-6-3-4-7-14(13)17-15/h3-4,6-7,10,12,17H,5,8-9,11H2,1-2H3. The lowest BCUT2D eigenvalue weighted by Gasteiger charge is -2.27. The van der Waals surface area contributed by atoms with E-state index < -0.39 is 0 Å². The minimum Gasteiger partial charge on any atom is -0.351 e. The first-order valence-electron chi connectivity index (χ1n) is 7.22. The maximum absolute atomic E-state index is 12.7. The van der Waals surface area contributed by atoms with Gasteiger partial charge in [0.15, 0.2) is 0 Å². The third kappa shape index (κ3) is 2.43. The van der Waals surface area contributed by atoms with Crippen molar-refractivity contribution in [3.8, 4) is 0 Å². The van der Waals surface area contributed by atoms with Crippen molar-refractivity contribution < 1.29 is 4.79 Å². The van der Waals surface area contributed by atoms with Gasteiger partial charge in [0.2, 0.25) is 0 Å². The summed E-state index contributed by atoms with van der Waals surface area (Å²) in [6, 6.07) is 10.2. The first-order valence-corrected chi connectivity index (χ1v) is 7.22. The summed E-state index contributed by atoms with van der Waals surface area (Å²) in [5.74, 6) is 0.115. The predicted octanol–water partition coefficient (Wildman–Crippen LogP) is 2.33. The van der Waals surface area contributed by atoms with Gasteiger partial charge in [0.05, 0.1) is 0 Å². The summed E-state index contributed by atoms with van der Waals surface area (Å²) in [4.78, 5) is 20.2. The van der Waals surface area contributed by atoms with Gasteiger partial charge >= 0.3 is 0 Å². The number of hydrogen-bond acceptors (Lipinski definition) is 2. The molecule has 0 spiro atoms. The molecular formula is C16H21N3O. The molecule has 106 valence electrons. The van der Waals surface area contributed by atoms with E-state index >= 15 is 0 Å². The Labute approximate surface area is 119 Å². The van der Waals surface area contributed by atoms with Gasteiger partial charge in [-0.2, -0.15) is 0 Å². The fraction of sp³-hybridized carbons (Fsp3) is 0.438. The molecule has 2 aromatic rings. The molecule has 1 fully saturated rings. The molecule has 1 saturated heterocycles. The van der Waals surface area contributed by atoms with Crippen LogP contribution in [0.2, 0.25) is 0 Å². The molecule has 2 heterocycles. The van der Waals surface area contributed by atoms with Gasteiger partial charge in [0.1, 0.15) is 5.69 Å². The van der Waals surface area contributed by atoms with Gasteiger partial charge in [-0.25, -0.2) is 0 Å². The number of H-pyrrole nitrogens is 1. The highest BCUT2D eigenvalue weighted by molar-refractivity contribution is 5.98. The summed E-state index contributed by atoms with van der Waals surface area (Å²) in [6.45, 7) is 4.95. The van der Waals surface area contributed by atoms with E-state index in [0.717, 1.165) is 37.0 Å². The molecule has 1 aromatic carbocycles. The van der Waals surface area contributed by atoms with Crippen molar-refractivity contribution in [1.82, 2.24) is 14.8 Å². The summed E-state index contributed by atoms with van der Waals surface area (Å²) in [6.07, 6.45) is 1.03. The molecule has 0 bridgehead atoms. The first-order chi connectivity index (χ1) is 9.65. The number of nitrogens with one attached hydrogen (secondary N) is 1. The fourth-order valence-corrected chi connectivity index (χ4v) is 3.02. The van der Waals surface area contributed by atoms with E-state index in [1.165, 1.54) is 0 Å². The summed E-state index contributed by atoms with van der Waals surface area (Å²) in [5.41, 5.74) is 1.72. The number of benzene rings is 1. The second kappa shape index (κ2) is 5.29. The molecule has 0 saturated carbocycles. The monoisotopic (exact) mass is 271 g/mol. The zero-order chi connectivity index (χ0) is 14.1. The van der Waals surface area contributed by atoms with Crippen LogP contribution in [-0.2, 0) is 0 Å². The van der Waals surface area contributed by atoms with E-state index in [2.05, 4.69) is 23.9 Å². The lowest BCUT2D eigenvalue weighted by molar-refractivity contribution is 0.0691. The molecular weight excluding hydrogens is 250 g/mol. The number of likely N-dealkylation sites (N-methyl/N-ethyl adjacent to an activating group) is 1. The summed E-state index contributed by atoms with van der Waals surface area (Å²) in [7, 11) is 2.12. The van der Waals surface area contributed by atoms with Gasteiger partial charge in [-0.15, -0.1) is 0 Å². The Kier molecular flexibility index (Phi) is 3.49. The summed E-state index contributed by atoms with van der Waals surface area (Å²) < 4.78 is 0. The van der Waals surface area contributed by atoms with Crippen molar-refractivity contribution in [2.75, 3.05) is 26.7 Å². The molecule has 1 aromatic heterocycles. The Balaban J connectivity index is 1.87. The maximum Gasteiger partial charge on any atom is 0.270 e. The van der Waals surface area contributed by atoms with Crippen LogP contribution in [0.1, 0.15) is 23.8 Å². The number of hydrogen-bond donors (Lipinski definition) is 1. The average Bonchev–Trinajstić information content (AvgIpc) is 2.79. The topological polar surface area (TPSA) is 39.3 Å². The number of rotatable bonds is 1. The van der Waals surface area contributed by atoms with Crippen LogP contribution in [0.4, 0.5) is 0 Å². The highest BCUT2D eigenvalue weighted by atomic mass is 16.2. The Morgan fingerprint density at radius 3 is 2.90 bits per heavy atom. The van der Waals surface area contributed by atoms with Gasteiger partial charge in [-0.3, -0.25) is 4.79 Å². The minimum atomic E-state index is 0.115. The number of fused-ring (bicyclic) bond motifs is 1. The van der Waals surface area contributed by atoms with Crippen LogP contribution >= 0.6 is 0 Å². The predicted molar refractivity (Wildman–Crippen MR) is 80.9 cm³/mol. The molecule has 1 aliphatic rings. The van der Waals surface area contributed by atoms with Crippen molar-refractivity contribution in [3.05, 3.63) is 36.0 Å². The Morgan fingerprint density at radius 1 is 1.30 bits per heavy atom. The van der Waals surface area contributed by atoms with Gasteiger partial charge in [0, 0.05) is 30.0 Å². The van der Waals surface area contributed by atoms with Crippen LogP contribution < -0.4 is 0 Å². The number of nitrogens with zero attached hydrogens (tertiary/aromatic N) is 2. The fourth-order valence-electron chi connectivity index (χ4n) is 3.02. The second-order valence-electron chi connectivity index (χ2n) is 5.73. The Morgan fingerprint density at radius 2 is 2.10 bits per heavy atom. The minimum absolute atomic E-state index is 0.115. The SMILES string of the molecule is CC1CN(C)CCCN1C(=O)c1cc2ccccc2[nH]1. The number of carbonyl (C=O) groups excluding carboxylic acids is 1. The van der Waals surface area contributed by atoms with Crippen LogP contribution in [-0.4, -0.2) is 53.4 Å². The average molecular weight is 271 g/mol. The van der Waals surface area contributed by atoms with E-state index in [-0.39, 0.29) is 11.9 Å². The smallest absolute Gasteiger partial charge is 0.270 e. The maximum atomic E-state index is 12.7. The van der Waals surface area contributed by atoms with Crippen LogP contribution in [0.25, 0.3) is 10.9 Å². The molecule has 20 heavy (non-hydrogen) atoms. The molecule has 1 amide bonds. The zero-order valence-corrected chi connectivity index (χ0v) is 12.1. The van der Waals surface area contributed by atoms with E-state index in [0.29, 0.717) is 5.69 Å². The van der Waals surface area contributed by atoms with Crippen molar-refractivity contribution in [1.29, 1.82) is 0 Å². The van der Waals surface area contributed by atoms with Crippen LogP contribution in [0.15, 0.2) is 30.3 Å². The molecule has 4 heteroatoms. The quantitative estimate of drug-likeness (QED) is 0.864. The Bertz CT molecular complexity index is 586. The van der Waals surface area contributed by atoms with Crippen molar-refractivity contribution in [3.63, 3.8) is 0 Å². The molecule has 1 aliphatic heterocycles. The summed E-state index contributed by atoms with van der Waals surface area (Å²) in [5, 5.41) is 1.09. The molecule has 0 radical (unpaired) electrons. The molecule has 3 rings (SSSR count). The van der Waals surface area contributed by atoms with Crippen LogP contribution in [0.3, 0.4) is 0 Å². The number of aromatic nitrogens is 1. The third-order valence-corrected chi connectivity index (χ3v) is 4.07. The first kappa shape index (κ1) is 13.2. The van der Waals surface area contributed by atoms with Crippen molar-refractivity contribution in [2.24, 2.45) is 0 Å². The molecule has 4 nitrogen and oxygen atoms in total. The number of aromatic amines is 1. The number of para-hydroxylation sites is 1. The summed E-state index contributed by atoms with van der Waals surface area (Å²) >= 11 is 0. The third-order valence-electron chi connectivity index (χ3n) is 4.07. The normalized spacial score (nSPS) is 21.1. The van der Waals surface area contributed by atoms with E-state index in [1.807, 2.05) is 35.2 Å².